The van der Waals surface area contributed by atoms with Crippen LogP contribution in [0.15, 0.2) is 0 Å². The maximum atomic E-state index is 11.9. The van der Waals surface area contributed by atoms with Gasteiger partial charge in [-0.05, 0) is 41.5 Å². The van der Waals surface area contributed by atoms with Crippen molar-refractivity contribution in [2.24, 2.45) is 5.41 Å². The number of carbonyl (C=O) groups excluding carboxylic acids is 1. The standard InChI is InChI=1S/C16H32N2O/c1-13(19)15(5,6)16(7,8)18-11-9-17(10-12-18)14(2,3)4/h9-12H2,1-8H3. The molecule has 0 aromatic carbocycles. The van der Waals surface area contributed by atoms with E-state index >= 15 is 0 Å². The number of Topliss-reactive ketones (excluding diaryl/α,β-unsaturated/α-hetero) is 1. The van der Waals surface area contributed by atoms with E-state index in [4.69, 9.17) is 0 Å². The predicted molar refractivity (Wildman–Crippen MR) is 81.4 cm³/mol. The Morgan fingerprint density at radius 2 is 1.16 bits per heavy atom. The van der Waals surface area contributed by atoms with Crippen molar-refractivity contribution in [3.63, 3.8) is 0 Å². The minimum absolute atomic E-state index is 0.0944. The summed E-state index contributed by atoms with van der Waals surface area (Å²) in [5.74, 6) is 0.274. The Kier molecular flexibility index (Phi) is 4.53. The van der Waals surface area contributed by atoms with Crippen molar-refractivity contribution in [3.8, 4) is 0 Å². The van der Waals surface area contributed by atoms with E-state index in [0.717, 1.165) is 26.2 Å². The van der Waals surface area contributed by atoms with Crippen LogP contribution in [0.5, 0.6) is 0 Å². The monoisotopic (exact) mass is 268 g/mol. The van der Waals surface area contributed by atoms with Gasteiger partial charge in [0.15, 0.2) is 0 Å². The number of carbonyl (C=O) groups is 1. The summed E-state index contributed by atoms with van der Waals surface area (Å²) in [6, 6.07) is 0. The van der Waals surface area contributed by atoms with Gasteiger partial charge in [-0.2, -0.15) is 0 Å². The highest BCUT2D eigenvalue weighted by atomic mass is 16.1. The van der Waals surface area contributed by atoms with Crippen molar-refractivity contribution in [3.05, 3.63) is 0 Å². The minimum atomic E-state index is -0.309. The van der Waals surface area contributed by atoms with Gasteiger partial charge in [0, 0.05) is 42.7 Å². The number of hydrogen-bond acceptors (Lipinski definition) is 3. The zero-order chi connectivity index (χ0) is 15.1. The van der Waals surface area contributed by atoms with Gasteiger partial charge in [-0.15, -0.1) is 0 Å². The van der Waals surface area contributed by atoms with E-state index in [9.17, 15) is 4.79 Å². The van der Waals surface area contributed by atoms with E-state index < -0.39 is 0 Å². The summed E-state index contributed by atoms with van der Waals surface area (Å²) in [5.41, 5.74) is -0.161. The summed E-state index contributed by atoms with van der Waals surface area (Å²) >= 11 is 0. The fourth-order valence-electron chi connectivity index (χ4n) is 2.76. The van der Waals surface area contributed by atoms with Gasteiger partial charge in [0.05, 0.1) is 0 Å². The van der Waals surface area contributed by atoms with Crippen molar-refractivity contribution in [2.45, 2.75) is 66.5 Å². The van der Waals surface area contributed by atoms with E-state index in [-0.39, 0.29) is 22.3 Å². The van der Waals surface area contributed by atoms with Gasteiger partial charge in [-0.3, -0.25) is 14.6 Å². The lowest BCUT2D eigenvalue weighted by molar-refractivity contribution is -0.134. The molecule has 0 radical (unpaired) electrons. The molecule has 1 aliphatic heterocycles. The van der Waals surface area contributed by atoms with Gasteiger partial charge in [-0.1, -0.05) is 13.8 Å². The Morgan fingerprint density at radius 3 is 1.47 bits per heavy atom. The van der Waals surface area contributed by atoms with Crippen LogP contribution in [0.3, 0.4) is 0 Å². The number of nitrogens with zero attached hydrogens (tertiary/aromatic N) is 2. The molecule has 3 nitrogen and oxygen atoms in total. The summed E-state index contributed by atoms with van der Waals surface area (Å²) in [6.07, 6.45) is 0. The summed E-state index contributed by atoms with van der Waals surface area (Å²) in [7, 11) is 0. The van der Waals surface area contributed by atoms with Crippen LogP contribution in [0.1, 0.15) is 55.4 Å². The highest BCUT2D eigenvalue weighted by molar-refractivity contribution is 5.83. The minimum Gasteiger partial charge on any atom is -0.299 e. The first-order valence-corrected chi connectivity index (χ1v) is 7.42. The lowest BCUT2D eigenvalue weighted by Gasteiger charge is -2.52. The largest absolute Gasteiger partial charge is 0.299 e. The van der Waals surface area contributed by atoms with Gasteiger partial charge in [0.2, 0.25) is 0 Å². The highest BCUT2D eigenvalue weighted by Crippen LogP contribution is 2.37. The third-order valence-electron chi connectivity index (χ3n) is 5.43. The Labute approximate surface area is 119 Å². The molecular formula is C16H32N2O. The summed E-state index contributed by atoms with van der Waals surface area (Å²) in [4.78, 5) is 17.0. The van der Waals surface area contributed by atoms with E-state index in [1.165, 1.54) is 0 Å². The first-order chi connectivity index (χ1) is 8.40. The van der Waals surface area contributed by atoms with Crippen LogP contribution in [0.2, 0.25) is 0 Å². The SMILES string of the molecule is CC(=O)C(C)(C)C(C)(C)N1CCN(C(C)(C)C)CC1. The molecule has 0 spiro atoms. The van der Waals surface area contributed by atoms with E-state index in [0.29, 0.717) is 0 Å². The van der Waals surface area contributed by atoms with Crippen LogP contribution in [0.25, 0.3) is 0 Å². The summed E-state index contributed by atoms with van der Waals surface area (Å²) < 4.78 is 0. The fraction of sp³-hybridized carbons (Fsp3) is 0.938. The number of rotatable bonds is 3. The Bertz CT molecular complexity index is 331. The second kappa shape index (κ2) is 5.17. The lowest BCUT2D eigenvalue weighted by Crippen LogP contribution is -2.63. The van der Waals surface area contributed by atoms with Crippen molar-refractivity contribution in [2.75, 3.05) is 26.2 Å². The normalized spacial score (nSPS) is 20.6. The van der Waals surface area contributed by atoms with Gasteiger partial charge in [0.1, 0.15) is 5.78 Å². The van der Waals surface area contributed by atoms with Crippen molar-refractivity contribution >= 4 is 5.78 Å². The first-order valence-electron chi connectivity index (χ1n) is 7.42. The zero-order valence-corrected chi connectivity index (χ0v) is 14.1. The van der Waals surface area contributed by atoms with Crippen molar-refractivity contribution in [1.29, 1.82) is 0 Å². The molecule has 0 N–H and O–H groups in total. The van der Waals surface area contributed by atoms with Crippen LogP contribution in [-0.2, 0) is 4.79 Å². The molecule has 0 amide bonds. The van der Waals surface area contributed by atoms with E-state index in [1.807, 2.05) is 0 Å². The molecular weight excluding hydrogens is 236 g/mol. The van der Waals surface area contributed by atoms with Crippen LogP contribution >= 0.6 is 0 Å². The van der Waals surface area contributed by atoms with E-state index in [2.05, 4.69) is 58.3 Å². The average Bonchev–Trinajstić information content (AvgIpc) is 2.27. The summed E-state index contributed by atoms with van der Waals surface area (Å²) in [6.45, 7) is 21.4. The van der Waals surface area contributed by atoms with E-state index in [1.54, 1.807) is 6.92 Å². The average molecular weight is 268 g/mol. The molecule has 1 saturated heterocycles. The molecule has 1 aliphatic rings. The van der Waals surface area contributed by atoms with Gasteiger partial charge >= 0.3 is 0 Å². The number of piperazine rings is 1. The Morgan fingerprint density at radius 1 is 0.789 bits per heavy atom. The van der Waals surface area contributed by atoms with Crippen LogP contribution in [0, 0.1) is 5.41 Å². The predicted octanol–water partition coefficient (Wildman–Crippen LogP) is 2.80. The molecule has 1 heterocycles. The molecule has 0 aliphatic carbocycles. The molecule has 1 fully saturated rings. The third-order valence-corrected chi connectivity index (χ3v) is 5.43. The molecule has 0 aromatic heterocycles. The topological polar surface area (TPSA) is 23.6 Å². The summed E-state index contributed by atoms with van der Waals surface area (Å²) in [5, 5.41) is 0. The Hall–Kier alpha value is -0.410. The molecule has 0 saturated carbocycles. The second-order valence-corrected chi connectivity index (χ2v) is 7.89. The second-order valence-electron chi connectivity index (χ2n) is 7.89. The third kappa shape index (κ3) is 3.19. The maximum absolute atomic E-state index is 11.9. The molecule has 0 bridgehead atoms. The van der Waals surface area contributed by atoms with Gasteiger partial charge in [-0.25, -0.2) is 0 Å². The van der Waals surface area contributed by atoms with Crippen LogP contribution in [-0.4, -0.2) is 52.8 Å². The van der Waals surface area contributed by atoms with Crippen molar-refractivity contribution in [1.82, 2.24) is 9.80 Å². The zero-order valence-electron chi connectivity index (χ0n) is 14.1. The molecule has 19 heavy (non-hydrogen) atoms. The van der Waals surface area contributed by atoms with Crippen LogP contribution < -0.4 is 0 Å². The number of ketones is 1. The smallest absolute Gasteiger partial charge is 0.137 e. The van der Waals surface area contributed by atoms with Gasteiger partial charge < -0.3 is 0 Å². The quantitative estimate of drug-likeness (QED) is 0.786. The fourth-order valence-corrected chi connectivity index (χ4v) is 2.76. The lowest BCUT2D eigenvalue weighted by atomic mass is 9.70. The van der Waals surface area contributed by atoms with Crippen LogP contribution in [0.4, 0.5) is 0 Å². The van der Waals surface area contributed by atoms with Gasteiger partial charge in [0.25, 0.3) is 0 Å². The molecule has 0 unspecified atom stereocenters. The number of hydrogen-bond donors (Lipinski definition) is 0. The molecule has 0 aromatic rings. The molecule has 3 heteroatoms. The Balaban J connectivity index is 2.77. The molecule has 112 valence electrons. The molecule has 1 rings (SSSR count). The van der Waals surface area contributed by atoms with Crippen molar-refractivity contribution < 1.29 is 4.79 Å². The first kappa shape index (κ1) is 16.6. The maximum Gasteiger partial charge on any atom is 0.137 e. The highest BCUT2D eigenvalue weighted by Gasteiger charge is 2.45. The molecule has 0 atom stereocenters.